The van der Waals surface area contributed by atoms with Gasteiger partial charge in [-0.3, -0.25) is 0 Å². The molecule has 0 radical (unpaired) electrons. The van der Waals surface area contributed by atoms with Crippen LogP contribution in [-0.2, 0) is 6.42 Å². The minimum Gasteiger partial charge on any atom is -0.478 e. The van der Waals surface area contributed by atoms with Gasteiger partial charge in [0, 0.05) is 0 Å². The molecule has 0 fully saturated rings. The Bertz CT molecular complexity index is 1200. The van der Waals surface area contributed by atoms with E-state index in [-0.39, 0.29) is 11.5 Å². The fourth-order valence-electron chi connectivity index (χ4n) is 4.09. The number of hydrogen-bond acceptors (Lipinski definition) is 3. The molecule has 4 nitrogen and oxygen atoms in total. The van der Waals surface area contributed by atoms with E-state index in [0.29, 0.717) is 23.3 Å². The van der Waals surface area contributed by atoms with E-state index in [4.69, 9.17) is 4.74 Å². The molecule has 0 bridgehead atoms. The summed E-state index contributed by atoms with van der Waals surface area (Å²) in [6.07, 6.45) is 3.71. The van der Waals surface area contributed by atoms with Crippen molar-refractivity contribution in [2.24, 2.45) is 0 Å². The van der Waals surface area contributed by atoms with Gasteiger partial charge in [0.05, 0.1) is 11.1 Å². The number of carboxylic acids is 1. The number of carbonyl (C=O) groups is 2. The van der Waals surface area contributed by atoms with Crippen LogP contribution >= 0.6 is 0 Å². The van der Waals surface area contributed by atoms with E-state index in [2.05, 4.69) is 13.8 Å². The quantitative estimate of drug-likeness (QED) is 0.263. The Morgan fingerprint density at radius 1 is 1.03 bits per heavy atom. The molecule has 0 saturated carbocycles. The molecule has 0 aromatic heterocycles. The number of carboxylic acid groups (broad SMARTS) is 1. The van der Waals surface area contributed by atoms with Crippen molar-refractivity contribution in [1.29, 1.82) is 0 Å². The number of hydrogen-bond donors (Lipinski definition) is 1. The molecule has 1 N–H and O–H groups in total. The smallest absolute Gasteiger partial charge is 0.343 e. The number of benzene rings is 3. The largest absolute Gasteiger partial charge is 0.478 e. The molecule has 1 atom stereocenters. The monoisotopic (exact) mass is 462 g/mol. The number of unbranched alkanes of at least 4 members (excludes halogenated alkanes) is 1. The summed E-state index contributed by atoms with van der Waals surface area (Å²) in [6, 6.07) is 15.2. The first kappa shape index (κ1) is 25.2. The molecule has 0 aliphatic carbocycles. The highest BCUT2D eigenvalue weighted by molar-refractivity contribution is 5.92. The third-order valence-corrected chi connectivity index (χ3v) is 6.19. The molecular formula is C29H31FO4. The molecule has 0 amide bonds. The van der Waals surface area contributed by atoms with E-state index in [9.17, 15) is 19.1 Å². The highest BCUT2D eigenvalue weighted by Crippen LogP contribution is 2.36. The summed E-state index contributed by atoms with van der Waals surface area (Å²) in [5, 5.41) is 9.47. The topological polar surface area (TPSA) is 63.6 Å². The van der Waals surface area contributed by atoms with Crippen molar-refractivity contribution in [1.82, 2.24) is 0 Å². The number of aryl methyl sites for hydroxylation is 2. The maximum Gasteiger partial charge on any atom is 0.343 e. The van der Waals surface area contributed by atoms with Crippen molar-refractivity contribution in [3.8, 4) is 16.9 Å². The van der Waals surface area contributed by atoms with Gasteiger partial charge in [-0.25, -0.2) is 14.0 Å². The Hall–Kier alpha value is -3.47. The molecule has 178 valence electrons. The van der Waals surface area contributed by atoms with Gasteiger partial charge in [0.25, 0.3) is 0 Å². The van der Waals surface area contributed by atoms with Gasteiger partial charge in [0.2, 0.25) is 0 Å². The van der Waals surface area contributed by atoms with Gasteiger partial charge >= 0.3 is 11.9 Å². The second-order valence-electron chi connectivity index (χ2n) is 8.68. The molecule has 0 aliphatic heterocycles. The van der Waals surface area contributed by atoms with Crippen LogP contribution in [0.25, 0.3) is 11.1 Å². The van der Waals surface area contributed by atoms with Crippen molar-refractivity contribution >= 4 is 11.9 Å². The zero-order valence-corrected chi connectivity index (χ0v) is 20.2. The van der Waals surface area contributed by atoms with E-state index >= 15 is 0 Å². The Morgan fingerprint density at radius 2 is 1.79 bits per heavy atom. The SMILES string of the molecule is CCCC[C@@H](C)c1cc(OC(=O)c2ccc(C)c(F)c2)ccc1-c1ccc(C(=O)O)c(CC)c1. The molecule has 3 aromatic rings. The van der Waals surface area contributed by atoms with Crippen LogP contribution in [-0.4, -0.2) is 17.0 Å². The maximum absolute atomic E-state index is 13.9. The first-order chi connectivity index (χ1) is 16.2. The van der Waals surface area contributed by atoms with Crippen LogP contribution in [0.5, 0.6) is 5.75 Å². The molecule has 0 saturated heterocycles. The Labute approximate surface area is 200 Å². The van der Waals surface area contributed by atoms with Crippen LogP contribution in [0.4, 0.5) is 4.39 Å². The van der Waals surface area contributed by atoms with Crippen LogP contribution in [0, 0.1) is 12.7 Å². The van der Waals surface area contributed by atoms with Gasteiger partial charge in [0.1, 0.15) is 11.6 Å². The molecule has 0 heterocycles. The molecule has 0 unspecified atom stereocenters. The number of rotatable bonds is 9. The van der Waals surface area contributed by atoms with Crippen molar-refractivity contribution in [2.45, 2.75) is 59.3 Å². The fourth-order valence-corrected chi connectivity index (χ4v) is 4.09. The van der Waals surface area contributed by atoms with Gasteiger partial charge in [-0.1, -0.05) is 57.9 Å². The van der Waals surface area contributed by atoms with Gasteiger partial charge in [-0.05, 0) is 83.8 Å². The van der Waals surface area contributed by atoms with Crippen molar-refractivity contribution in [3.05, 3.63) is 88.2 Å². The molecule has 34 heavy (non-hydrogen) atoms. The third kappa shape index (κ3) is 5.71. The van der Waals surface area contributed by atoms with Crippen LogP contribution in [0.2, 0.25) is 0 Å². The van der Waals surface area contributed by atoms with Crippen LogP contribution < -0.4 is 4.74 Å². The summed E-state index contributed by atoms with van der Waals surface area (Å²) < 4.78 is 19.5. The summed E-state index contributed by atoms with van der Waals surface area (Å²) in [4.78, 5) is 24.2. The number of carbonyl (C=O) groups excluding carboxylic acids is 1. The highest BCUT2D eigenvalue weighted by atomic mass is 19.1. The van der Waals surface area contributed by atoms with Crippen molar-refractivity contribution in [2.75, 3.05) is 0 Å². The summed E-state index contributed by atoms with van der Waals surface area (Å²) in [5.74, 6) is -1.40. The first-order valence-corrected chi connectivity index (χ1v) is 11.7. The number of ether oxygens (including phenoxy) is 1. The number of halogens is 1. The second-order valence-corrected chi connectivity index (χ2v) is 8.68. The molecular weight excluding hydrogens is 431 g/mol. The predicted molar refractivity (Wildman–Crippen MR) is 132 cm³/mol. The lowest BCUT2D eigenvalue weighted by molar-refractivity contribution is 0.0693. The predicted octanol–water partition coefficient (Wildman–Crippen LogP) is 7.57. The van der Waals surface area contributed by atoms with E-state index < -0.39 is 17.8 Å². The standard InChI is InChI=1S/C29H31FO4/c1-5-7-8-18(3)26-17-23(34-29(33)22-10-9-19(4)27(30)16-22)12-14-24(26)21-11-13-25(28(31)32)20(6-2)15-21/h9-18H,5-8H2,1-4H3,(H,31,32)/t18-/m1/s1. The van der Waals surface area contributed by atoms with Crippen LogP contribution in [0.3, 0.4) is 0 Å². The average Bonchev–Trinajstić information content (AvgIpc) is 2.83. The van der Waals surface area contributed by atoms with E-state index in [1.54, 1.807) is 31.2 Å². The van der Waals surface area contributed by atoms with Gasteiger partial charge in [-0.2, -0.15) is 0 Å². The van der Waals surface area contributed by atoms with Crippen LogP contribution in [0.15, 0.2) is 54.6 Å². The average molecular weight is 463 g/mol. The first-order valence-electron chi connectivity index (χ1n) is 11.7. The zero-order valence-electron chi connectivity index (χ0n) is 20.2. The van der Waals surface area contributed by atoms with Gasteiger partial charge in [-0.15, -0.1) is 0 Å². The third-order valence-electron chi connectivity index (χ3n) is 6.19. The molecule has 0 spiro atoms. The number of aromatic carboxylic acids is 1. The Kier molecular flexibility index (Phi) is 8.21. The zero-order chi connectivity index (χ0) is 24.8. The van der Waals surface area contributed by atoms with Gasteiger partial charge < -0.3 is 9.84 Å². The number of esters is 1. The highest BCUT2D eigenvalue weighted by Gasteiger charge is 2.18. The summed E-state index contributed by atoms with van der Waals surface area (Å²) in [7, 11) is 0. The minimum absolute atomic E-state index is 0.157. The summed E-state index contributed by atoms with van der Waals surface area (Å²) in [6.45, 7) is 7.86. The minimum atomic E-state index is -0.935. The Balaban J connectivity index is 2.00. The molecule has 0 aliphatic rings. The van der Waals surface area contributed by atoms with Gasteiger partial charge in [0.15, 0.2) is 0 Å². The normalized spacial score (nSPS) is 11.8. The molecule has 3 aromatic carbocycles. The van der Waals surface area contributed by atoms with Crippen molar-refractivity contribution < 1.29 is 23.8 Å². The Morgan fingerprint density at radius 3 is 2.44 bits per heavy atom. The van der Waals surface area contributed by atoms with Crippen LogP contribution in [0.1, 0.15) is 83.4 Å². The molecule has 3 rings (SSSR count). The maximum atomic E-state index is 13.9. The lowest BCUT2D eigenvalue weighted by Crippen LogP contribution is -2.10. The molecule has 5 heteroatoms. The lowest BCUT2D eigenvalue weighted by Gasteiger charge is -2.19. The van der Waals surface area contributed by atoms with E-state index in [1.165, 1.54) is 6.07 Å². The van der Waals surface area contributed by atoms with Crippen molar-refractivity contribution in [3.63, 3.8) is 0 Å². The second kappa shape index (κ2) is 11.1. The fraction of sp³-hybridized carbons (Fsp3) is 0.310. The summed E-state index contributed by atoms with van der Waals surface area (Å²) >= 11 is 0. The lowest BCUT2D eigenvalue weighted by atomic mass is 9.87. The van der Waals surface area contributed by atoms with E-state index in [0.717, 1.165) is 41.5 Å². The van der Waals surface area contributed by atoms with E-state index in [1.807, 2.05) is 31.2 Å². The summed E-state index contributed by atoms with van der Waals surface area (Å²) in [5.41, 5.74) is 4.64.